The van der Waals surface area contributed by atoms with Crippen molar-refractivity contribution in [1.29, 1.82) is 0 Å². The third-order valence-electron chi connectivity index (χ3n) is 6.43. The van der Waals surface area contributed by atoms with E-state index in [1.807, 2.05) is 10.7 Å². The Kier molecular flexibility index (Phi) is 3.42. The van der Waals surface area contributed by atoms with E-state index < -0.39 is 0 Å². The minimum atomic E-state index is 0.323. The first-order valence-corrected chi connectivity index (χ1v) is 10.0. The first kappa shape index (κ1) is 15.1. The van der Waals surface area contributed by atoms with Crippen LogP contribution in [-0.2, 0) is 11.8 Å². The molecular formula is C18H24BrN5. The van der Waals surface area contributed by atoms with Crippen LogP contribution < -0.4 is 11.1 Å². The lowest BCUT2D eigenvalue weighted by molar-refractivity contribution is 0.429. The largest absolute Gasteiger partial charge is 0.367 e. The molecule has 0 bridgehead atoms. The van der Waals surface area contributed by atoms with Crippen molar-refractivity contribution < 1.29 is 0 Å². The van der Waals surface area contributed by atoms with E-state index in [0.717, 1.165) is 35.8 Å². The van der Waals surface area contributed by atoms with Gasteiger partial charge in [0.05, 0.1) is 16.4 Å². The Morgan fingerprint density at radius 2 is 2.08 bits per heavy atom. The van der Waals surface area contributed by atoms with Gasteiger partial charge in [-0.3, -0.25) is 0 Å². The van der Waals surface area contributed by atoms with Crippen LogP contribution in [0.1, 0.15) is 62.6 Å². The first-order valence-electron chi connectivity index (χ1n) is 9.25. The summed E-state index contributed by atoms with van der Waals surface area (Å²) in [4.78, 5) is 5.09. The van der Waals surface area contributed by atoms with Gasteiger partial charge in [-0.25, -0.2) is 4.98 Å². The summed E-state index contributed by atoms with van der Waals surface area (Å²) < 4.78 is 2.98. The molecule has 128 valence electrons. The van der Waals surface area contributed by atoms with Gasteiger partial charge in [-0.05, 0) is 60.9 Å². The molecule has 24 heavy (non-hydrogen) atoms. The Morgan fingerprint density at radius 3 is 2.83 bits per heavy atom. The number of nitrogens with one attached hydrogen (secondary N) is 1. The van der Waals surface area contributed by atoms with Crippen LogP contribution in [0.5, 0.6) is 0 Å². The Labute approximate surface area is 150 Å². The Morgan fingerprint density at radius 1 is 1.25 bits per heavy atom. The van der Waals surface area contributed by atoms with Crippen LogP contribution in [0.4, 0.5) is 5.82 Å². The average Bonchev–Trinajstić information content (AvgIpc) is 3.33. The highest BCUT2D eigenvalue weighted by Crippen LogP contribution is 2.51. The minimum absolute atomic E-state index is 0.323. The number of aromatic nitrogens is 3. The van der Waals surface area contributed by atoms with Crippen LogP contribution in [-0.4, -0.2) is 26.7 Å². The van der Waals surface area contributed by atoms with Gasteiger partial charge >= 0.3 is 0 Å². The predicted molar refractivity (Wildman–Crippen MR) is 98.4 cm³/mol. The molecule has 2 atom stereocenters. The van der Waals surface area contributed by atoms with E-state index in [1.165, 1.54) is 49.2 Å². The van der Waals surface area contributed by atoms with Crippen molar-refractivity contribution >= 4 is 27.4 Å². The first-order chi connectivity index (χ1) is 11.7. The second-order valence-corrected chi connectivity index (χ2v) is 8.77. The highest BCUT2D eigenvalue weighted by atomic mass is 79.9. The molecule has 2 aromatic heterocycles. The van der Waals surface area contributed by atoms with Gasteiger partial charge in [-0.15, -0.1) is 0 Å². The van der Waals surface area contributed by atoms with Crippen molar-refractivity contribution in [2.45, 2.75) is 75.3 Å². The minimum Gasteiger partial charge on any atom is -0.367 e. The third kappa shape index (κ3) is 2.15. The van der Waals surface area contributed by atoms with Gasteiger partial charge in [0.15, 0.2) is 5.65 Å². The molecular weight excluding hydrogens is 366 g/mol. The van der Waals surface area contributed by atoms with Crippen LogP contribution in [0, 0.1) is 0 Å². The van der Waals surface area contributed by atoms with E-state index in [9.17, 15) is 0 Å². The van der Waals surface area contributed by atoms with Crippen LogP contribution in [0.3, 0.4) is 0 Å². The monoisotopic (exact) mass is 389 g/mol. The zero-order valence-corrected chi connectivity index (χ0v) is 15.5. The normalized spacial score (nSPS) is 28.1. The Hall–Kier alpha value is -1.14. The van der Waals surface area contributed by atoms with Crippen molar-refractivity contribution in [3.8, 4) is 0 Å². The van der Waals surface area contributed by atoms with E-state index in [1.54, 1.807) is 0 Å². The van der Waals surface area contributed by atoms with E-state index in [2.05, 4.69) is 26.3 Å². The lowest BCUT2D eigenvalue weighted by Crippen LogP contribution is -2.24. The molecule has 0 aromatic carbocycles. The fourth-order valence-corrected chi connectivity index (χ4v) is 5.53. The highest BCUT2D eigenvalue weighted by Gasteiger charge is 2.44. The third-order valence-corrected chi connectivity index (χ3v) is 6.99. The SMILES string of the molecule is N[C@H]1CC[C@H](Nc2c3c(nc4c(Br)cnn24)C2(CCCC2)CC3)C1. The summed E-state index contributed by atoms with van der Waals surface area (Å²) in [7, 11) is 0. The zero-order valence-electron chi connectivity index (χ0n) is 13.9. The summed E-state index contributed by atoms with van der Waals surface area (Å²) in [5.74, 6) is 1.17. The van der Waals surface area contributed by atoms with E-state index in [0.29, 0.717) is 17.5 Å². The molecule has 2 saturated carbocycles. The van der Waals surface area contributed by atoms with Gasteiger partial charge in [0, 0.05) is 23.1 Å². The number of hydrogen-bond donors (Lipinski definition) is 2. The molecule has 3 aliphatic rings. The second-order valence-electron chi connectivity index (χ2n) is 7.92. The summed E-state index contributed by atoms with van der Waals surface area (Å²) in [5.41, 5.74) is 10.1. The molecule has 2 fully saturated rings. The highest BCUT2D eigenvalue weighted by molar-refractivity contribution is 9.10. The lowest BCUT2D eigenvalue weighted by Gasteiger charge is -2.24. The molecule has 0 radical (unpaired) electrons. The standard InChI is InChI=1S/C18H24BrN5/c19-14-10-21-24-16(22-12-4-3-11(20)9-12)13-5-8-18(6-1-2-7-18)15(13)23-17(14)24/h10-12,22H,1-9,20H2/t11-,12-/m0/s1. The fraction of sp³-hybridized carbons (Fsp3) is 0.667. The summed E-state index contributed by atoms with van der Waals surface area (Å²) in [5, 5.41) is 8.38. The van der Waals surface area contributed by atoms with Gasteiger partial charge < -0.3 is 11.1 Å². The second kappa shape index (κ2) is 5.43. The molecule has 5 nitrogen and oxygen atoms in total. The quantitative estimate of drug-likeness (QED) is 0.823. The van der Waals surface area contributed by atoms with Crippen LogP contribution in [0.15, 0.2) is 10.7 Å². The van der Waals surface area contributed by atoms with E-state index in [-0.39, 0.29) is 0 Å². The van der Waals surface area contributed by atoms with Crippen molar-refractivity contribution in [2.24, 2.45) is 5.73 Å². The van der Waals surface area contributed by atoms with Crippen molar-refractivity contribution in [1.82, 2.24) is 14.6 Å². The topological polar surface area (TPSA) is 68.2 Å². The number of nitrogens with two attached hydrogens (primary N) is 1. The van der Waals surface area contributed by atoms with Crippen LogP contribution in [0.25, 0.3) is 5.65 Å². The number of nitrogens with zero attached hydrogens (tertiary/aromatic N) is 3. The number of rotatable bonds is 2. The molecule has 1 spiro atoms. The molecule has 5 rings (SSSR count). The molecule has 3 N–H and O–H groups in total. The predicted octanol–water partition coefficient (Wildman–Crippen LogP) is 3.54. The van der Waals surface area contributed by atoms with Gasteiger partial charge in [-0.1, -0.05) is 12.8 Å². The maximum absolute atomic E-state index is 6.12. The smallest absolute Gasteiger partial charge is 0.171 e. The van der Waals surface area contributed by atoms with Crippen molar-refractivity contribution in [2.75, 3.05) is 5.32 Å². The van der Waals surface area contributed by atoms with Gasteiger partial charge in [0.25, 0.3) is 0 Å². The summed E-state index contributed by atoms with van der Waals surface area (Å²) in [6, 6.07) is 0.788. The number of hydrogen-bond acceptors (Lipinski definition) is 4. The van der Waals surface area contributed by atoms with E-state index >= 15 is 0 Å². The summed E-state index contributed by atoms with van der Waals surface area (Å²) in [6.07, 6.45) is 12.8. The lowest BCUT2D eigenvalue weighted by atomic mass is 9.83. The maximum Gasteiger partial charge on any atom is 0.171 e. The maximum atomic E-state index is 6.12. The molecule has 3 aliphatic carbocycles. The molecule has 0 aliphatic heterocycles. The van der Waals surface area contributed by atoms with Crippen LogP contribution in [0.2, 0.25) is 0 Å². The van der Waals surface area contributed by atoms with Crippen molar-refractivity contribution in [3.05, 3.63) is 21.9 Å². The molecule has 2 aromatic rings. The number of fused-ring (bicyclic) bond motifs is 3. The fourth-order valence-electron chi connectivity index (χ4n) is 5.19. The Balaban J connectivity index is 1.65. The molecule has 0 saturated heterocycles. The molecule has 0 unspecified atom stereocenters. The molecule has 0 amide bonds. The molecule has 6 heteroatoms. The van der Waals surface area contributed by atoms with Gasteiger partial charge in [0.1, 0.15) is 5.82 Å². The van der Waals surface area contributed by atoms with Crippen LogP contribution >= 0.6 is 15.9 Å². The summed E-state index contributed by atoms with van der Waals surface area (Å²) >= 11 is 3.64. The number of halogens is 1. The average molecular weight is 390 g/mol. The Bertz CT molecular complexity index is 792. The van der Waals surface area contributed by atoms with Crippen molar-refractivity contribution in [3.63, 3.8) is 0 Å². The van der Waals surface area contributed by atoms with E-state index in [4.69, 9.17) is 10.7 Å². The van der Waals surface area contributed by atoms with Gasteiger partial charge in [0.2, 0.25) is 0 Å². The van der Waals surface area contributed by atoms with Gasteiger partial charge in [-0.2, -0.15) is 9.61 Å². The number of anilines is 1. The molecule has 2 heterocycles. The zero-order chi connectivity index (χ0) is 16.3. The summed E-state index contributed by atoms with van der Waals surface area (Å²) in [6.45, 7) is 0.